The van der Waals surface area contributed by atoms with Crippen molar-refractivity contribution in [3.8, 4) is 0 Å². The van der Waals surface area contributed by atoms with Crippen LogP contribution in [0.1, 0.15) is 31.5 Å². The minimum Gasteiger partial charge on any atom is -0.377 e. The Morgan fingerprint density at radius 2 is 2.33 bits per heavy atom. The van der Waals surface area contributed by atoms with Crippen molar-refractivity contribution >= 4 is 0 Å². The van der Waals surface area contributed by atoms with Crippen LogP contribution in [0.3, 0.4) is 0 Å². The second kappa shape index (κ2) is 2.86. The molecule has 0 atom stereocenters. The van der Waals surface area contributed by atoms with E-state index in [0.717, 1.165) is 18.9 Å². The number of rotatable bonds is 2. The third-order valence-corrected chi connectivity index (χ3v) is 2.06. The van der Waals surface area contributed by atoms with E-state index in [1.54, 1.807) is 4.80 Å². The van der Waals surface area contributed by atoms with Crippen molar-refractivity contribution in [3.05, 3.63) is 11.9 Å². The number of ether oxygens (including phenoxy) is 1. The molecule has 1 aromatic heterocycles. The van der Waals surface area contributed by atoms with E-state index in [2.05, 4.69) is 24.0 Å². The van der Waals surface area contributed by atoms with E-state index in [1.165, 1.54) is 0 Å². The largest absolute Gasteiger partial charge is 0.377 e. The second-order valence-electron chi connectivity index (χ2n) is 3.44. The maximum atomic E-state index is 5.06. The Labute approximate surface area is 71.5 Å². The molecule has 0 saturated carbocycles. The van der Waals surface area contributed by atoms with Crippen LogP contribution >= 0.6 is 0 Å². The van der Waals surface area contributed by atoms with Crippen LogP contribution in [0.2, 0.25) is 0 Å². The van der Waals surface area contributed by atoms with E-state index in [4.69, 9.17) is 4.74 Å². The van der Waals surface area contributed by atoms with Crippen LogP contribution in [0.15, 0.2) is 6.20 Å². The molecule has 1 aliphatic heterocycles. The standard InChI is InChI=1S/C8H13N3O/c1-6(2)8-3-9-11(10-8)7-4-12-5-7/h3,6-7H,4-5H2,1-2H3. The molecule has 0 radical (unpaired) electrons. The molecule has 4 heteroatoms. The summed E-state index contributed by atoms with van der Waals surface area (Å²) in [6.45, 7) is 5.75. The molecule has 0 N–H and O–H groups in total. The minimum absolute atomic E-state index is 0.373. The van der Waals surface area contributed by atoms with Crippen LogP contribution in [-0.2, 0) is 4.74 Å². The lowest BCUT2D eigenvalue weighted by molar-refractivity contribution is -0.0349. The van der Waals surface area contributed by atoms with Crippen molar-refractivity contribution in [2.24, 2.45) is 0 Å². The Hall–Kier alpha value is -0.900. The summed E-state index contributed by atoms with van der Waals surface area (Å²) < 4.78 is 5.06. The summed E-state index contributed by atoms with van der Waals surface area (Å²) >= 11 is 0. The molecule has 66 valence electrons. The summed E-state index contributed by atoms with van der Waals surface area (Å²) in [5.41, 5.74) is 1.06. The van der Waals surface area contributed by atoms with Gasteiger partial charge >= 0.3 is 0 Å². The minimum atomic E-state index is 0.373. The van der Waals surface area contributed by atoms with Crippen LogP contribution in [0.4, 0.5) is 0 Å². The molecular formula is C8H13N3O. The van der Waals surface area contributed by atoms with Gasteiger partial charge in [0.1, 0.15) is 6.04 Å². The zero-order valence-corrected chi connectivity index (χ0v) is 7.40. The van der Waals surface area contributed by atoms with Crippen molar-refractivity contribution in [1.29, 1.82) is 0 Å². The van der Waals surface area contributed by atoms with Gasteiger partial charge in [0, 0.05) is 0 Å². The third kappa shape index (κ3) is 1.22. The Bertz CT molecular complexity index is 265. The van der Waals surface area contributed by atoms with Gasteiger partial charge in [-0.2, -0.15) is 15.0 Å². The van der Waals surface area contributed by atoms with Crippen molar-refractivity contribution in [2.45, 2.75) is 25.8 Å². The summed E-state index contributed by atoms with van der Waals surface area (Å²) in [6, 6.07) is 0.373. The lowest BCUT2D eigenvalue weighted by Crippen LogP contribution is -2.32. The molecule has 12 heavy (non-hydrogen) atoms. The van der Waals surface area contributed by atoms with Crippen molar-refractivity contribution in [2.75, 3.05) is 13.2 Å². The summed E-state index contributed by atoms with van der Waals surface area (Å²) in [7, 11) is 0. The first-order valence-corrected chi connectivity index (χ1v) is 4.27. The van der Waals surface area contributed by atoms with Crippen LogP contribution in [0, 0.1) is 0 Å². The van der Waals surface area contributed by atoms with Gasteiger partial charge in [0.15, 0.2) is 0 Å². The Balaban J connectivity index is 2.12. The van der Waals surface area contributed by atoms with E-state index in [9.17, 15) is 0 Å². The molecule has 0 aliphatic carbocycles. The second-order valence-corrected chi connectivity index (χ2v) is 3.44. The van der Waals surface area contributed by atoms with Gasteiger partial charge in [0.2, 0.25) is 0 Å². The molecule has 0 aromatic carbocycles. The van der Waals surface area contributed by atoms with Gasteiger partial charge in [-0.05, 0) is 5.92 Å². The van der Waals surface area contributed by atoms with Crippen LogP contribution in [-0.4, -0.2) is 28.2 Å². The fourth-order valence-electron chi connectivity index (χ4n) is 1.09. The van der Waals surface area contributed by atoms with Gasteiger partial charge in [0.05, 0.1) is 25.1 Å². The van der Waals surface area contributed by atoms with E-state index in [1.807, 2.05) is 6.20 Å². The highest BCUT2D eigenvalue weighted by molar-refractivity contribution is 4.98. The fourth-order valence-corrected chi connectivity index (χ4v) is 1.09. The first-order chi connectivity index (χ1) is 5.77. The molecular weight excluding hydrogens is 154 g/mol. The van der Waals surface area contributed by atoms with E-state index in [0.29, 0.717) is 12.0 Å². The molecule has 0 bridgehead atoms. The summed E-state index contributed by atoms with van der Waals surface area (Å²) in [4.78, 5) is 1.76. The Kier molecular flexibility index (Phi) is 1.84. The van der Waals surface area contributed by atoms with Gasteiger partial charge in [-0.3, -0.25) is 0 Å². The zero-order valence-electron chi connectivity index (χ0n) is 7.40. The zero-order chi connectivity index (χ0) is 8.55. The molecule has 4 nitrogen and oxygen atoms in total. The first kappa shape index (κ1) is 7.73. The third-order valence-electron chi connectivity index (χ3n) is 2.06. The molecule has 1 aromatic rings. The van der Waals surface area contributed by atoms with Crippen LogP contribution in [0.5, 0.6) is 0 Å². The fraction of sp³-hybridized carbons (Fsp3) is 0.750. The smallest absolute Gasteiger partial charge is 0.118 e. The van der Waals surface area contributed by atoms with Crippen molar-refractivity contribution in [1.82, 2.24) is 15.0 Å². The quantitative estimate of drug-likeness (QED) is 0.659. The average molecular weight is 167 g/mol. The van der Waals surface area contributed by atoms with Crippen LogP contribution in [0.25, 0.3) is 0 Å². The lowest BCUT2D eigenvalue weighted by Gasteiger charge is -2.24. The number of nitrogens with zero attached hydrogens (tertiary/aromatic N) is 3. The van der Waals surface area contributed by atoms with Gasteiger partial charge in [0.25, 0.3) is 0 Å². The SMILES string of the molecule is CC(C)c1cnn(C2COC2)n1. The summed E-state index contributed by atoms with van der Waals surface area (Å²) in [5, 5.41) is 8.54. The van der Waals surface area contributed by atoms with Gasteiger partial charge < -0.3 is 4.74 Å². The molecule has 1 saturated heterocycles. The monoisotopic (exact) mass is 167 g/mol. The van der Waals surface area contributed by atoms with Gasteiger partial charge in [-0.1, -0.05) is 13.8 Å². The predicted molar refractivity (Wildman–Crippen MR) is 44.0 cm³/mol. The Morgan fingerprint density at radius 3 is 2.75 bits per heavy atom. The first-order valence-electron chi connectivity index (χ1n) is 4.27. The molecule has 0 unspecified atom stereocenters. The normalized spacial score (nSPS) is 18.2. The molecule has 0 spiro atoms. The molecule has 1 fully saturated rings. The summed E-state index contributed by atoms with van der Waals surface area (Å²) in [6.07, 6.45) is 1.84. The van der Waals surface area contributed by atoms with Crippen LogP contribution < -0.4 is 0 Å². The number of hydrogen-bond acceptors (Lipinski definition) is 3. The average Bonchev–Trinajstić information content (AvgIpc) is 2.32. The molecule has 2 rings (SSSR count). The highest BCUT2D eigenvalue weighted by atomic mass is 16.5. The molecule has 0 amide bonds. The van der Waals surface area contributed by atoms with E-state index < -0.39 is 0 Å². The number of aromatic nitrogens is 3. The van der Waals surface area contributed by atoms with E-state index >= 15 is 0 Å². The summed E-state index contributed by atoms with van der Waals surface area (Å²) in [5.74, 6) is 0.458. The highest BCUT2D eigenvalue weighted by Gasteiger charge is 2.22. The highest BCUT2D eigenvalue weighted by Crippen LogP contribution is 2.16. The number of hydrogen-bond donors (Lipinski definition) is 0. The molecule has 2 heterocycles. The maximum Gasteiger partial charge on any atom is 0.118 e. The topological polar surface area (TPSA) is 39.9 Å². The lowest BCUT2D eigenvalue weighted by atomic mass is 10.2. The van der Waals surface area contributed by atoms with Crippen molar-refractivity contribution < 1.29 is 4.74 Å². The predicted octanol–water partition coefficient (Wildman–Crippen LogP) is 0.973. The molecule has 1 aliphatic rings. The van der Waals surface area contributed by atoms with Crippen molar-refractivity contribution in [3.63, 3.8) is 0 Å². The van der Waals surface area contributed by atoms with E-state index in [-0.39, 0.29) is 0 Å². The van der Waals surface area contributed by atoms with Gasteiger partial charge in [-0.25, -0.2) is 0 Å². The maximum absolute atomic E-state index is 5.06. The Morgan fingerprint density at radius 1 is 1.58 bits per heavy atom. The van der Waals surface area contributed by atoms with Gasteiger partial charge in [-0.15, -0.1) is 0 Å².